The highest BCUT2D eigenvalue weighted by atomic mass is 16.8. The summed E-state index contributed by atoms with van der Waals surface area (Å²) < 4.78 is 71.3. The number of aliphatic hydroxyl groups is 1. The Balaban J connectivity index is 1.02. The van der Waals surface area contributed by atoms with Crippen molar-refractivity contribution in [1.82, 2.24) is 0 Å². The van der Waals surface area contributed by atoms with Crippen molar-refractivity contribution < 1.29 is 52.5 Å². The normalized spacial score (nSPS) is 22.4. The second-order valence-electron chi connectivity index (χ2n) is 21.2. The number of aliphatic hydroxyl groups excluding tert-OH is 1. The number of ether oxygens (including phenoxy) is 10. The van der Waals surface area contributed by atoms with E-state index in [1.54, 1.807) is 0 Å². The van der Waals surface area contributed by atoms with Gasteiger partial charge >= 0.3 is 0 Å². The monoisotopic (exact) mass is 1120 g/mol. The van der Waals surface area contributed by atoms with Gasteiger partial charge in [0.25, 0.3) is 0 Å². The summed E-state index contributed by atoms with van der Waals surface area (Å²) in [7, 11) is 0. The van der Waals surface area contributed by atoms with Gasteiger partial charge in [-0.1, -0.05) is 273 Å². The van der Waals surface area contributed by atoms with Crippen molar-refractivity contribution in [3.05, 3.63) is 323 Å². The van der Waals surface area contributed by atoms with Gasteiger partial charge in [-0.3, -0.25) is 0 Å². The molecule has 9 atom stereocenters. The van der Waals surface area contributed by atoms with Gasteiger partial charge in [-0.25, -0.2) is 0 Å². The van der Waals surface area contributed by atoms with Crippen molar-refractivity contribution in [3.63, 3.8) is 0 Å². The van der Waals surface area contributed by atoms with Gasteiger partial charge in [0.15, 0.2) is 6.29 Å². The molecular weight excluding hydrogens is 1050 g/mol. The maximum absolute atomic E-state index is 13.2. The summed E-state index contributed by atoms with van der Waals surface area (Å²) in [5.74, 6) is -1.86. The molecule has 2 heterocycles. The third kappa shape index (κ3) is 14.7. The fourth-order valence-corrected chi connectivity index (χ4v) is 11.1. The lowest BCUT2D eigenvalue weighted by Gasteiger charge is -2.47. The Hall–Kier alpha value is -7.46. The Morgan fingerprint density at radius 1 is 0.357 bits per heavy atom. The first-order valence-electron chi connectivity index (χ1n) is 28.9. The van der Waals surface area contributed by atoms with E-state index in [4.69, 9.17) is 47.4 Å². The molecule has 0 spiro atoms. The van der Waals surface area contributed by atoms with E-state index < -0.39 is 60.4 Å². The van der Waals surface area contributed by atoms with E-state index in [2.05, 4.69) is 36.4 Å². The Morgan fingerprint density at radius 2 is 0.702 bits per heavy atom. The molecule has 0 aliphatic carbocycles. The first kappa shape index (κ1) is 58.3. The molecule has 0 radical (unpaired) electrons. The van der Waals surface area contributed by atoms with Gasteiger partial charge in [0.05, 0.1) is 52.9 Å². The van der Waals surface area contributed by atoms with Crippen molar-refractivity contribution >= 4 is 0 Å². The van der Waals surface area contributed by atoms with Gasteiger partial charge in [-0.2, -0.15) is 0 Å². The molecule has 11 heteroatoms. The van der Waals surface area contributed by atoms with Crippen LogP contribution >= 0.6 is 0 Å². The molecule has 2 aliphatic heterocycles. The van der Waals surface area contributed by atoms with Crippen LogP contribution in [-0.4, -0.2) is 79.7 Å². The Bertz CT molecular complexity index is 3180. The van der Waals surface area contributed by atoms with Crippen LogP contribution in [0.15, 0.2) is 273 Å². The maximum Gasteiger partial charge on any atom is 0.224 e. The fraction of sp³-hybridized carbons (Fsp3) is 0.260. The van der Waals surface area contributed by atoms with E-state index in [0.29, 0.717) is 6.61 Å². The summed E-state index contributed by atoms with van der Waals surface area (Å²) in [5, 5.41) is 13.2. The van der Waals surface area contributed by atoms with Crippen LogP contribution in [0.25, 0.3) is 0 Å². The van der Waals surface area contributed by atoms with Crippen LogP contribution in [0, 0.1) is 0 Å². The van der Waals surface area contributed by atoms with Crippen LogP contribution < -0.4 is 0 Å². The molecular formula is C73H72O11. The summed E-state index contributed by atoms with van der Waals surface area (Å²) in [6.45, 7) is 1.01. The molecule has 0 aromatic heterocycles. The minimum atomic E-state index is -1.86. The van der Waals surface area contributed by atoms with Crippen LogP contribution in [0.5, 0.6) is 0 Å². The number of hydrogen-bond acceptors (Lipinski definition) is 11. The summed E-state index contributed by atoms with van der Waals surface area (Å²) >= 11 is 0. The van der Waals surface area contributed by atoms with E-state index in [0.717, 1.165) is 50.1 Å². The molecule has 9 aromatic carbocycles. The van der Waals surface area contributed by atoms with E-state index in [-0.39, 0.29) is 52.9 Å². The lowest BCUT2D eigenvalue weighted by atomic mass is 9.80. The van der Waals surface area contributed by atoms with Crippen LogP contribution in [0.1, 0.15) is 50.1 Å². The second kappa shape index (κ2) is 29.4. The molecule has 84 heavy (non-hydrogen) atoms. The van der Waals surface area contributed by atoms with Crippen LogP contribution in [0.3, 0.4) is 0 Å². The van der Waals surface area contributed by atoms with Gasteiger partial charge in [0, 0.05) is 0 Å². The van der Waals surface area contributed by atoms with E-state index >= 15 is 0 Å². The van der Waals surface area contributed by atoms with Crippen molar-refractivity contribution in [3.8, 4) is 0 Å². The zero-order valence-corrected chi connectivity index (χ0v) is 47.0. The minimum Gasteiger partial charge on any atom is -0.385 e. The largest absolute Gasteiger partial charge is 0.385 e. The quantitative estimate of drug-likeness (QED) is 0.0473. The molecule has 0 bridgehead atoms. The summed E-state index contributed by atoms with van der Waals surface area (Å²) in [4.78, 5) is 0. The highest BCUT2D eigenvalue weighted by molar-refractivity contribution is 5.47. The third-order valence-corrected chi connectivity index (χ3v) is 15.3. The topological polar surface area (TPSA) is 113 Å². The zero-order valence-electron chi connectivity index (χ0n) is 47.0. The second-order valence-corrected chi connectivity index (χ2v) is 21.2. The van der Waals surface area contributed by atoms with Crippen LogP contribution in [0.4, 0.5) is 0 Å². The van der Waals surface area contributed by atoms with E-state index in [9.17, 15) is 5.11 Å². The summed E-state index contributed by atoms with van der Waals surface area (Å²) in [5.41, 5.74) is 7.21. The van der Waals surface area contributed by atoms with Crippen LogP contribution in [0.2, 0.25) is 0 Å². The first-order chi connectivity index (χ1) is 41.5. The highest BCUT2D eigenvalue weighted by Gasteiger charge is 2.62. The molecule has 1 N–H and O–H groups in total. The third-order valence-electron chi connectivity index (χ3n) is 15.3. The standard InChI is InChI=1S/C73H72O11/c74-66-69(79-50-59-36-18-5-19-37-59)67(77-48-57-32-14-3-15-33-57)64(52-75-46-55-28-10-1-11-29-55)82-71(66)84-72(54-76-47-56-30-12-2-13-31-56)70(80-51-60-38-20-6-21-39-60)68(78-49-58-34-16-4-17-35-58)65(83-72)53-81-73(61-40-22-7-23-41-61,62-42-24-8-25-43-62)63-44-26-9-27-45-63/h1-45,64-71,74H,46-54H2/t64-,65-,66-,67-,68-,69-,70+,71-,72+/m1/s1. The molecule has 0 amide bonds. The molecule has 11 nitrogen and oxygen atoms in total. The number of benzene rings is 9. The molecule has 2 aliphatic rings. The molecule has 430 valence electrons. The Labute approximate surface area is 493 Å². The van der Waals surface area contributed by atoms with Gasteiger partial charge < -0.3 is 52.5 Å². The molecule has 2 saturated heterocycles. The van der Waals surface area contributed by atoms with Crippen molar-refractivity contribution in [2.75, 3.05) is 19.8 Å². The van der Waals surface area contributed by atoms with Crippen molar-refractivity contribution in [2.45, 2.75) is 100 Å². The maximum atomic E-state index is 13.2. The lowest BCUT2D eigenvalue weighted by Crippen LogP contribution is -2.64. The van der Waals surface area contributed by atoms with E-state index in [1.165, 1.54) is 0 Å². The first-order valence-corrected chi connectivity index (χ1v) is 28.9. The fourth-order valence-electron chi connectivity index (χ4n) is 11.1. The molecule has 9 aromatic rings. The van der Waals surface area contributed by atoms with Crippen molar-refractivity contribution in [1.29, 1.82) is 0 Å². The van der Waals surface area contributed by atoms with Crippen molar-refractivity contribution in [2.24, 2.45) is 0 Å². The van der Waals surface area contributed by atoms with Gasteiger partial charge in [-0.05, 0) is 50.1 Å². The van der Waals surface area contributed by atoms with Gasteiger partial charge in [0.1, 0.15) is 54.9 Å². The summed E-state index contributed by atoms with van der Waals surface area (Å²) in [6, 6.07) is 90.3. The smallest absolute Gasteiger partial charge is 0.224 e. The predicted molar refractivity (Wildman–Crippen MR) is 321 cm³/mol. The lowest BCUT2D eigenvalue weighted by molar-refractivity contribution is -0.394. The van der Waals surface area contributed by atoms with E-state index in [1.807, 2.05) is 237 Å². The SMILES string of the molecule is O[C@H]1[C@@H](O[C@]2(COCc3ccccc3)O[C@H](COC(c3ccccc3)(c3ccccc3)c3ccccc3)[C@@H](OCc3ccccc3)[C@@H]2OCc2ccccc2)O[C@H](COCc2ccccc2)[C@@H](OCc2ccccc2)[C@@H]1OCc1ccccc1. The number of rotatable bonds is 28. The zero-order chi connectivity index (χ0) is 57.1. The summed E-state index contributed by atoms with van der Waals surface area (Å²) in [6.07, 6.45) is -8.44. The molecule has 0 saturated carbocycles. The average molecular weight is 1130 g/mol. The number of hydrogen-bond donors (Lipinski definition) is 1. The highest BCUT2D eigenvalue weighted by Crippen LogP contribution is 2.45. The average Bonchev–Trinajstić information content (AvgIpc) is 3.62. The Kier molecular flexibility index (Phi) is 20.4. The molecule has 11 rings (SSSR count). The molecule has 0 unspecified atom stereocenters. The Morgan fingerprint density at radius 3 is 1.12 bits per heavy atom. The van der Waals surface area contributed by atoms with Gasteiger partial charge in [-0.15, -0.1) is 0 Å². The minimum absolute atomic E-state index is 0.0324. The van der Waals surface area contributed by atoms with Crippen LogP contribution in [-0.2, 0) is 92.6 Å². The van der Waals surface area contributed by atoms with Gasteiger partial charge in [0.2, 0.25) is 5.79 Å². The molecule has 2 fully saturated rings. The predicted octanol–water partition coefficient (Wildman–Crippen LogP) is 13.0.